The Balaban J connectivity index is -0.0000000457. The Hall–Kier alpha value is 1.52. The first-order chi connectivity index (χ1) is 4.00. The van der Waals surface area contributed by atoms with E-state index in [-0.39, 0.29) is 35.7 Å². The van der Waals surface area contributed by atoms with Crippen LogP contribution in [0.15, 0.2) is 0 Å². The standard InChI is InChI=1S/In.2H3O4P.H6P/c;2*1-5(2,3)4;/h;2*(H3,1,2,3,4);1H6/q+3;;;+3/p-6. The molecule has 8 nitrogen and oxygen atoms in total. The molecule has 0 aliphatic carbocycles. The van der Waals surface area contributed by atoms with Gasteiger partial charge in [0.15, 0.2) is 0 Å². The van der Waals surface area contributed by atoms with Crippen LogP contribution in [-0.2, 0) is 9.13 Å². The van der Waals surface area contributed by atoms with Gasteiger partial charge >= 0.3 is 25.8 Å². The molecule has 0 heterocycles. The molecule has 0 aromatic heterocycles. The van der Waals surface area contributed by atoms with Crippen molar-refractivity contribution < 1.29 is 38.5 Å². The van der Waals surface area contributed by atoms with Crippen molar-refractivity contribution in [3.05, 3.63) is 0 Å². The second-order valence-corrected chi connectivity index (χ2v) is 2.68. The van der Waals surface area contributed by atoms with E-state index in [1.807, 2.05) is 0 Å². The van der Waals surface area contributed by atoms with E-state index < -0.39 is 15.6 Å². The van der Waals surface area contributed by atoms with Gasteiger partial charge in [-0.05, 0) is 0 Å². The predicted octanol–water partition coefficient (Wildman–Crippen LogP) is -6.77. The van der Waals surface area contributed by atoms with E-state index in [9.17, 15) is 0 Å². The molecular weight excluding hydrogens is 336 g/mol. The van der Waals surface area contributed by atoms with E-state index in [0.29, 0.717) is 0 Å². The average Bonchev–Trinajstić information content (AvgIpc) is 1.12. The Labute approximate surface area is 89.9 Å². The van der Waals surface area contributed by atoms with Gasteiger partial charge in [-0.15, -0.1) is 0 Å². The van der Waals surface area contributed by atoms with Crippen LogP contribution in [0.1, 0.15) is 0 Å². The summed E-state index contributed by atoms with van der Waals surface area (Å²) in [7, 11) is -10.8. The van der Waals surface area contributed by atoms with Gasteiger partial charge in [-0.3, -0.25) is 9.90 Å². The predicted molar refractivity (Wildman–Crippen MR) is 36.3 cm³/mol. The third-order valence-electron chi connectivity index (χ3n) is 0. The summed E-state index contributed by atoms with van der Waals surface area (Å²) in [5, 5.41) is 0. The van der Waals surface area contributed by atoms with Crippen LogP contribution in [0.25, 0.3) is 0 Å². The van der Waals surface area contributed by atoms with Crippen molar-refractivity contribution in [2.45, 2.75) is 0 Å². The summed E-state index contributed by atoms with van der Waals surface area (Å²) in [6.45, 7) is 0. The minimum absolute atomic E-state index is 0. The quantitative estimate of drug-likeness (QED) is 0.391. The van der Waals surface area contributed by atoms with Gasteiger partial charge in [0.1, 0.15) is 0 Å². The molecule has 0 amide bonds. The van der Waals surface area contributed by atoms with Crippen LogP contribution >= 0.6 is 25.5 Å². The summed E-state index contributed by atoms with van der Waals surface area (Å²) in [6, 6.07) is 0. The van der Waals surface area contributed by atoms with Gasteiger partial charge in [-0.2, -0.15) is 15.6 Å². The Kier molecular flexibility index (Phi) is 17.7. The van der Waals surface area contributed by atoms with Crippen LogP contribution in [0.5, 0.6) is 0 Å². The Morgan fingerprint density at radius 1 is 0.667 bits per heavy atom. The third-order valence-corrected chi connectivity index (χ3v) is 0. The van der Waals surface area contributed by atoms with Crippen molar-refractivity contribution in [3.8, 4) is 0 Å². The topological polar surface area (TPSA) is 172 Å². The molecule has 0 aliphatic rings. The third kappa shape index (κ3) is 552. The van der Waals surface area contributed by atoms with Crippen LogP contribution in [0.4, 0.5) is 0 Å². The summed E-state index contributed by atoms with van der Waals surface area (Å²) < 4.78 is 17.1. The fourth-order valence-electron chi connectivity index (χ4n) is 0. The van der Waals surface area contributed by atoms with Crippen LogP contribution in [0, 0.1) is 0 Å². The molecule has 0 aromatic carbocycles. The van der Waals surface area contributed by atoms with Crippen LogP contribution in [-0.4, -0.2) is 25.8 Å². The maximum absolute atomic E-state index is 8.55. The molecule has 0 rings (SSSR count). The van der Waals surface area contributed by atoms with Gasteiger partial charge in [0.05, 0.1) is 0 Å². The average molecular weight is 342 g/mol. The normalized spacial score (nSPS) is 9.83. The number of phosphoric acid groups is 2. The maximum Gasteiger partial charge on any atom is 3.00 e. The zero-order chi connectivity index (χ0) is 9.00. The van der Waals surface area contributed by atoms with E-state index in [0.717, 1.165) is 0 Å². The van der Waals surface area contributed by atoms with Gasteiger partial charge in [-0.1, -0.05) is 0 Å². The van der Waals surface area contributed by atoms with E-state index in [1.54, 1.807) is 0 Å². The first-order valence-electron chi connectivity index (χ1n) is 1.46. The van der Waals surface area contributed by atoms with E-state index in [2.05, 4.69) is 0 Å². The van der Waals surface area contributed by atoms with E-state index >= 15 is 0 Å². The fourth-order valence-corrected chi connectivity index (χ4v) is 0. The molecule has 0 N–H and O–H groups in total. The van der Waals surface area contributed by atoms with Crippen molar-refractivity contribution in [3.63, 3.8) is 0 Å². The number of hydrogen-bond donors (Lipinski definition) is 0. The molecule has 72 valence electrons. The first-order valence-corrected chi connectivity index (χ1v) is 4.38. The molecule has 0 unspecified atom stereocenters. The van der Waals surface area contributed by atoms with Gasteiger partial charge in [0.25, 0.3) is 0 Å². The summed E-state index contributed by atoms with van der Waals surface area (Å²) in [6.07, 6.45) is 0. The Bertz CT molecular complexity index is 127. The first kappa shape index (κ1) is 23.4. The fraction of sp³-hybridized carbons (Fsp3) is 0. The smallest absolute Gasteiger partial charge is 0.822 e. The second-order valence-electron chi connectivity index (χ2n) is 0.894. The van der Waals surface area contributed by atoms with Gasteiger partial charge in [0, 0.05) is 0 Å². The van der Waals surface area contributed by atoms with Crippen molar-refractivity contribution in [2.24, 2.45) is 0 Å². The summed E-state index contributed by atoms with van der Waals surface area (Å²) >= 11 is 0. The van der Waals surface area contributed by atoms with Gasteiger partial charge in [-0.25, -0.2) is 0 Å². The van der Waals surface area contributed by atoms with Crippen LogP contribution in [0.3, 0.4) is 0 Å². The molecule has 0 bridgehead atoms. The molecule has 0 fully saturated rings. The minimum atomic E-state index is -5.39. The largest absolute Gasteiger partial charge is 3.00 e. The van der Waals surface area contributed by atoms with E-state index in [1.165, 1.54) is 0 Å². The molecule has 0 saturated carbocycles. The van der Waals surface area contributed by atoms with Crippen molar-refractivity contribution in [1.29, 1.82) is 0 Å². The zero-order valence-electron chi connectivity index (χ0n) is 4.74. The number of rotatable bonds is 0. The Morgan fingerprint density at radius 2 is 0.667 bits per heavy atom. The van der Waals surface area contributed by atoms with Crippen molar-refractivity contribution >= 4 is 51.4 Å². The minimum Gasteiger partial charge on any atom is -0.822 e. The van der Waals surface area contributed by atoms with Crippen LogP contribution in [0.2, 0.25) is 0 Å². The SMILES string of the molecule is O=P([O-])([O-])[O-].O=P([O-])([O-])[O-].[In+3].[PH6+3]. The Morgan fingerprint density at radius 3 is 0.667 bits per heavy atom. The van der Waals surface area contributed by atoms with Crippen LogP contribution < -0.4 is 29.4 Å². The molecule has 0 atom stereocenters. The molecular formula is H6InO8P3. The molecule has 0 aliphatic heterocycles. The zero-order valence-corrected chi connectivity index (χ0v) is 9.82. The molecule has 0 aromatic rings. The molecule has 12 heavy (non-hydrogen) atoms. The molecule has 0 saturated heterocycles. The van der Waals surface area contributed by atoms with Gasteiger partial charge < -0.3 is 38.5 Å². The number of hydrogen-bond acceptors (Lipinski definition) is 8. The molecule has 0 spiro atoms. The van der Waals surface area contributed by atoms with E-state index in [4.69, 9.17) is 38.5 Å². The maximum atomic E-state index is 8.55. The summed E-state index contributed by atoms with van der Waals surface area (Å²) in [4.78, 5) is 51.3. The van der Waals surface area contributed by atoms with Crippen molar-refractivity contribution in [2.75, 3.05) is 0 Å². The van der Waals surface area contributed by atoms with Gasteiger partial charge in [0.2, 0.25) is 0 Å². The summed E-state index contributed by atoms with van der Waals surface area (Å²) in [5.74, 6) is 0. The van der Waals surface area contributed by atoms with Crippen molar-refractivity contribution in [1.82, 2.24) is 0 Å². The summed E-state index contributed by atoms with van der Waals surface area (Å²) in [5.41, 5.74) is 0. The monoisotopic (exact) mass is 342 g/mol. The molecule has 0 radical (unpaired) electrons. The molecule has 12 heteroatoms. The second kappa shape index (κ2) is 9.09.